The lowest BCUT2D eigenvalue weighted by Crippen LogP contribution is -2.33. The van der Waals surface area contributed by atoms with Gasteiger partial charge in [-0.05, 0) is 67.6 Å². The molecular weight excluding hydrogens is 584 g/mol. The van der Waals surface area contributed by atoms with Gasteiger partial charge in [-0.15, -0.1) is 9.89 Å². The smallest absolute Gasteiger partial charge is 0.261 e. The summed E-state index contributed by atoms with van der Waals surface area (Å²) in [4.78, 5) is 40.0. The number of methoxy groups -OCH3 is 1. The lowest BCUT2D eigenvalue weighted by molar-refractivity contribution is 0.0645. The molecule has 0 fully saturated rings. The largest absolute Gasteiger partial charge is 0.497 e. The van der Waals surface area contributed by atoms with E-state index in [9.17, 15) is 14.9 Å². The molecule has 3 aromatic carbocycles. The second kappa shape index (κ2) is 13.0. The number of nitrogens with zero attached hydrogens (tertiary/aromatic N) is 8. The van der Waals surface area contributed by atoms with Crippen molar-refractivity contribution >= 4 is 34.6 Å². The molecule has 1 atom stereocenters. The normalized spacial score (nSPS) is 15.0. The molecule has 12 heteroatoms. The SMILES string of the molecule is COc1ccc(OCCN(CCC#N)c2ccc(N=C3C(C)=Nn4nc(C(C)CN5C(=O)c6ccccc6C5=O)nc43)cc2)cc1. The fraction of sp³-hybridized carbons (Fsp3) is 0.265. The molecule has 2 amide bonds. The van der Waals surface area contributed by atoms with E-state index in [1.807, 2.05) is 62.4 Å². The summed E-state index contributed by atoms with van der Waals surface area (Å²) >= 11 is 0. The van der Waals surface area contributed by atoms with E-state index in [2.05, 4.69) is 21.2 Å². The number of carbonyl (C=O) groups excluding carboxylic acids is 2. The Morgan fingerprint density at radius 2 is 1.63 bits per heavy atom. The molecule has 232 valence electrons. The Morgan fingerprint density at radius 3 is 2.28 bits per heavy atom. The van der Waals surface area contributed by atoms with Crippen LogP contribution in [0.5, 0.6) is 11.5 Å². The minimum absolute atomic E-state index is 0.153. The first-order valence-corrected chi connectivity index (χ1v) is 14.9. The average molecular weight is 617 g/mol. The number of amides is 2. The molecule has 1 unspecified atom stereocenters. The summed E-state index contributed by atoms with van der Waals surface area (Å²) in [6, 6.07) is 24.2. The van der Waals surface area contributed by atoms with Crippen LogP contribution in [0.25, 0.3) is 0 Å². The Morgan fingerprint density at radius 1 is 0.957 bits per heavy atom. The highest BCUT2D eigenvalue weighted by Gasteiger charge is 2.37. The number of hydrogen-bond donors (Lipinski definition) is 0. The first kappa shape index (κ1) is 30.2. The van der Waals surface area contributed by atoms with E-state index in [0.717, 1.165) is 17.2 Å². The minimum atomic E-state index is -0.315. The molecule has 0 N–H and O–H groups in total. The Hall–Kier alpha value is -5.83. The molecule has 0 bridgehead atoms. The van der Waals surface area contributed by atoms with Crippen molar-refractivity contribution in [1.82, 2.24) is 19.8 Å². The Balaban J connectivity index is 1.13. The maximum Gasteiger partial charge on any atom is 0.261 e. The van der Waals surface area contributed by atoms with Gasteiger partial charge in [0.2, 0.25) is 5.82 Å². The van der Waals surface area contributed by atoms with E-state index in [4.69, 9.17) is 19.5 Å². The zero-order chi connectivity index (χ0) is 32.2. The summed E-state index contributed by atoms with van der Waals surface area (Å²) in [7, 11) is 1.62. The zero-order valence-electron chi connectivity index (χ0n) is 25.8. The third-order valence-corrected chi connectivity index (χ3v) is 7.82. The molecule has 2 aliphatic heterocycles. The van der Waals surface area contributed by atoms with Crippen LogP contribution < -0.4 is 14.4 Å². The van der Waals surface area contributed by atoms with Gasteiger partial charge in [0.25, 0.3) is 11.8 Å². The van der Waals surface area contributed by atoms with Crippen LogP contribution in [0.15, 0.2) is 82.9 Å². The number of hydrogen-bond acceptors (Lipinski definition) is 10. The van der Waals surface area contributed by atoms with Gasteiger partial charge in [-0.25, -0.2) is 9.98 Å². The topological polar surface area (TPSA) is 138 Å². The van der Waals surface area contributed by atoms with Crippen molar-refractivity contribution in [2.45, 2.75) is 26.2 Å². The number of imide groups is 1. The monoisotopic (exact) mass is 616 g/mol. The number of aromatic nitrogens is 3. The number of rotatable bonds is 12. The maximum absolute atomic E-state index is 12.9. The third kappa shape index (κ3) is 6.08. The molecule has 12 nitrogen and oxygen atoms in total. The molecule has 1 aromatic heterocycles. The highest BCUT2D eigenvalue weighted by Crippen LogP contribution is 2.27. The van der Waals surface area contributed by atoms with E-state index in [1.165, 1.54) is 9.69 Å². The number of aliphatic imine (C=N–C) groups is 1. The van der Waals surface area contributed by atoms with Gasteiger partial charge in [-0.3, -0.25) is 14.5 Å². The summed E-state index contributed by atoms with van der Waals surface area (Å²) in [5.41, 5.74) is 3.74. The van der Waals surface area contributed by atoms with Crippen molar-refractivity contribution in [3.8, 4) is 17.6 Å². The predicted octanol–water partition coefficient (Wildman–Crippen LogP) is 4.84. The van der Waals surface area contributed by atoms with Crippen LogP contribution in [0.1, 0.15) is 58.6 Å². The summed E-state index contributed by atoms with van der Waals surface area (Å²) in [6.45, 7) is 5.48. The van der Waals surface area contributed by atoms with Crippen molar-refractivity contribution < 1.29 is 19.1 Å². The van der Waals surface area contributed by atoms with E-state index < -0.39 is 0 Å². The van der Waals surface area contributed by atoms with Gasteiger partial charge < -0.3 is 14.4 Å². The van der Waals surface area contributed by atoms with E-state index in [-0.39, 0.29) is 24.3 Å². The molecule has 4 aromatic rings. The number of benzene rings is 3. The van der Waals surface area contributed by atoms with Crippen LogP contribution in [-0.4, -0.2) is 76.4 Å². The van der Waals surface area contributed by atoms with Gasteiger partial charge in [0, 0.05) is 24.7 Å². The molecular formula is C34H32N8O4. The number of anilines is 1. The second-order valence-corrected chi connectivity index (χ2v) is 10.9. The fourth-order valence-electron chi connectivity index (χ4n) is 5.36. The van der Waals surface area contributed by atoms with E-state index in [1.54, 1.807) is 31.4 Å². The summed E-state index contributed by atoms with van der Waals surface area (Å²) in [5, 5.41) is 18.2. The molecule has 0 saturated heterocycles. The maximum atomic E-state index is 12.9. The standard InChI is InChI=1S/C34H32N8O4/c1-22(21-41-33(43)28-7-4-5-8-29(28)34(41)44)31-37-32-30(23(2)38-42(32)39-31)36-24-9-11-25(12-10-24)40(18-6-17-35)19-20-46-27-15-13-26(45-3)14-16-27/h4-5,7-16,22H,6,18-21H2,1-3H3. The second-order valence-electron chi connectivity index (χ2n) is 10.9. The third-order valence-electron chi connectivity index (χ3n) is 7.82. The molecule has 0 aliphatic carbocycles. The van der Waals surface area contributed by atoms with Gasteiger partial charge >= 0.3 is 0 Å². The van der Waals surface area contributed by atoms with Crippen molar-refractivity contribution in [2.24, 2.45) is 10.1 Å². The average Bonchev–Trinajstić information content (AvgIpc) is 3.70. The number of carbonyl (C=O) groups is 2. The minimum Gasteiger partial charge on any atom is -0.497 e. The fourth-order valence-corrected chi connectivity index (χ4v) is 5.36. The van der Waals surface area contributed by atoms with Crippen LogP contribution in [0.2, 0.25) is 0 Å². The molecule has 0 spiro atoms. The molecule has 6 rings (SSSR count). The highest BCUT2D eigenvalue weighted by atomic mass is 16.5. The summed E-state index contributed by atoms with van der Waals surface area (Å²) in [6.07, 6.45) is 0.381. The van der Waals surface area contributed by atoms with Gasteiger partial charge in [0.15, 0.2) is 5.82 Å². The summed E-state index contributed by atoms with van der Waals surface area (Å²) < 4.78 is 11.1. The van der Waals surface area contributed by atoms with Crippen molar-refractivity contribution in [3.05, 3.63) is 95.6 Å². The Bertz CT molecular complexity index is 1840. The first-order valence-electron chi connectivity index (χ1n) is 14.9. The van der Waals surface area contributed by atoms with Crippen LogP contribution >= 0.6 is 0 Å². The zero-order valence-corrected chi connectivity index (χ0v) is 25.8. The van der Waals surface area contributed by atoms with Gasteiger partial charge in [-0.2, -0.15) is 10.4 Å². The predicted molar refractivity (Wildman–Crippen MR) is 172 cm³/mol. The van der Waals surface area contributed by atoms with Crippen molar-refractivity contribution in [2.75, 3.05) is 38.3 Å². The van der Waals surface area contributed by atoms with Crippen LogP contribution in [0, 0.1) is 11.3 Å². The van der Waals surface area contributed by atoms with Gasteiger partial charge in [-0.1, -0.05) is 19.1 Å². The molecule has 2 aliphatic rings. The highest BCUT2D eigenvalue weighted by molar-refractivity contribution is 6.48. The number of fused-ring (bicyclic) bond motifs is 2. The van der Waals surface area contributed by atoms with E-state index in [0.29, 0.717) is 66.0 Å². The van der Waals surface area contributed by atoms with Gasteiger partial charge in [0.05, 0.1) is 48.7 Å². The lowest BCUT2D eigenvalue weighted by Gasteiger charge is -2.24. The Labute approximate surface area is 266 Å². The van der Waals surface area contributed by atoms with Crippen LogP contribution in [0.3, 0.4) is 0 Å². The van der Waals surface area contributed by atoms with Crippen LogP contribution in [-0.2, 0) is 0 Å². The first-order chi connectivity index (χ1) is 22.4. The van der Waals surface area contributed by atoms with Gasteiger partial charge in [0.1, 0.15) is 23.8 Å². The molecule has 3 heterocycles. The Kier molecular flexibility index (Phi) is 8.56. The number of nitriles is 1. The number of ether oxygens (including phenoxy) is 2. The lowest BCUT2D eigenvalue weighted by atomic mass is 10.1. The molecule has 46 heavy (non-hydrogen) atoms. The summed E-state index contributed by atoms with van der Waals surface area (Å²) in [5.74, 6) is 1.54. The van der Waals surface area contributed by atoms with Crippen molar-refractivity contribution in [3.63, 3.8) is 0 Å². The van der Waals surface area contributed by atoms with E-state index >= 15 is 0 Å². The molecule has 0 saturated carbocycles. The van der Waals surface area contributed by atoms with Crippen molar-refractivity contribution in [1.29, 1.82) is 5.26 Å². The molecule has 0 radical (unpaired) electrons. The quantitative estimate of drug-likeness (QED) is 0.206. The van der Waals surface area contributed by atoms with Crippen LogP contribution in [0.4, 0.5) is 11.4 Å².